The van der Waals surface area contributed by atoms with Crippen LogP contribution in [0.5, 0.6) is 5.75 Å². The molecule has 1 aliphatic heterocycles. The first-order valence-corrected chi connectivity index (χ1v) is 6.19. The van der Waals surface area contributed by atoms with Crippen molar-refractivity contribution in [2.24, 2.45) is 0 Å². The number of aliphatic carboxylic acids is 1. The van der Waals surface area contributed by atoms with Crippen LogP contribution in [-0.2, 0) is 9.53 Å². The Morgan fingerprint density at radius 1 is 1.50 bits per heavy atom. The molecule has 1 saturated heterocycles. The number of para-hydroxylation sites is 1. The van der Waals surface area contributed by atoms with E-state index in [2.05, 4.69) is 0 Å². The maximum absolute atomic E-state index is 11.4. The lowest BCUT2D eigenvalue weighted by molar-refractivity contribution is -0.156. The van der Waals surface area contributed by atoms with Crippen LogP contribution in [0.25, 0.3) is 0 Å². The summed E-state index contributed by atoms with van der Waals surface area (Å²) in [4.78, 5) is 11.4. The van der Waals surface area contributed by atoms with Crippen molar-refractivity contribution in [1.82, 2.24) is 0 Å². The molecular weight excluding hydrogens is 232 g/mol. The van der Waals surface area contributed by atoms with E-state index in [0.29, 0.717) is 18.8 Å². The second-order valence-corrected chi connectivity index (χ2v) is 4.79. The van der Waals surface area contributed by atoms with Crippen LogP contribution in [0.1, 0.15) is 26.2 Å². The molecule has 18 heavy (non-hydrogen) atoms. The third-order valence-electron chi connectivity index (χ3n) is 3.18. The molecule has 4 nitrogen and oxygen atoms in total. The fraction of sp³-hybridized carbons (Fsp3) is 0.500. The third-order valence-corrected chi connectivity index (χ3v) is 3.18. The largest absolute Gasteiger partial charge is 0.478 e. The SMILES string of the molecule is CC(CC1CCCO1)(Oc1ccccc1)C(=O)O. The Kier molecular flexibility index (Phi) is 3.87. The molecule has 98 valence electrons. The maximum atomic E-state index is 11.4. The summed E-state index contributed by atoms with van der Waals surface area (Å²) in [5.74, 6) is -0.387. The Labute approximate surface area is 107 Å². The fourth-order valence-electron chi connectivity index (χ4n) is 2.16. The molecule has 2 atom stereocenters. The molecule has 0 aliphatic carbocycles. The number of rotatable bonds is 5. The first-order chi connectivity index (χ1) is 8.60. The van der Waals surface area contributed by atoms with Crippen molar-refractivity contribution in [3.05, 3.63) is 30.3 Å². The minimum absolute atomic E-state index is 0.0187. The van der Waals surface area contributed by atoms with Gasteiger partial charge in [-0.1, -0.05) is 18.2 Å². The highest BCUT2D eigenvalue weighted by Crippen LogP contribution is 2.27. The van der Waals surface area contributed by atoms with E-state index in [1.807, 2.05) is 18.2 Å². The molecule has 1 fully saturated rings. The van der Waals surface area contributed by atoms with E-state index in [1.54, 1.807) is 19.1 Å². The lowest BCUT2D eigenvalue weighted by Gasteiger charge is -2.28. The molecule has 4 heteroatoms. The normalized spacial score (nSPS) is 22.4. The summed E-state index contributed by atoms with van der Waals surface area (Å²) < 4.78 is 11.1. The maximum Gasteiger partial charge on any atom is 0.347 e. The van der Waals surface area contributed by atoms with Crippen LogP contribution < -0.4 is 4.74 Å². The molecular formula is C14H18O4. The van der Waals surface area contributed by atoms with Crippen molar-refractivity contribution in [3.8, 4) is 5.75 Å². The first-order valence-electron chi connectivity index (χ1n) is 6.19. The molecule has 0 saturated carbocycles. The van der Waals surface area contributed by atoms with Gasteiger partial charge < -0.3 is 14.6 Å². The zero-order valence-corrected chi connectivity index (χ0v) is 10.5. The summed E-state index contributed by atoms with van der Waals surface area (Å²) in [5.41, 5.74) is -1.24. The van der Waals surface area contributed by atoms with Gasteiger partial charge >= 0.3 is 5.97 Å². The molecule has 1 N–H and O–H groups in total. The average molecular weight is 250 g/mol. The van der Waals surface area contributed by atoms with Crippen LogP contribution in [0, 0.1) is 0 Å². The highest BCUT2D eigenvalue weighted by molar-refractivity contribution is 5.77. The Morgan fingerprint density at radius 2 is 2.22 bits per heavy atom. The van der Waals surface area contributed by atoms with Gasteiger partial charge in [-0.25, -0.2) is 4.79 Å². The Balaban J connectivity index is 2.08. The summed E-state index contributed by atoms with van der Waals surface area (Å²) in [6.45, 7) is 2.32. The van der Waals surface area contributed by atoms with Gasteiger partial charge in [0, 0.05) is 13.0 Å². The lowest BCUT2D eigenvalue weighted by Crippen LogP contribution is -2.44. The molecule has 0 amide bonds. The zero-order valence-electron chi connectivity index (χ0n) is 10.5. The molecule has 1 heterocycles. The van der Waals surface area contributed by atoms with Crippen LogP contribution in [0.2, 0.25) is 0 Å². The van der Waals surface area contributed by atoms with E-state index in [-0.39, 0.29) is 6.10 Å². The van der Waals surface area contributed by atoms with Crippen LogP contribution in [0.15, 0.2) is 30.3 Å². The standard InChI is InChI=1S/C14H18O4/c1-14(13(15)16,10-12-8-5-9-17-12)18-11-6-3-2-4-7-11/h2-4,6-7,12H,5,8-10H2,1H3,(H,15,16). The highest BCUT2D eigenvalue weighted by atomic mass is 16.5. The van der Waals surface area contributed by atoms with Gasteiger partial charge in [0.25, 0.3) is 0 Å². The van der Waals surface area contributed by atoms with Gasteiger partial charge in [-0.15, -0.1) is 0 Å². The van der Waals surface area contributed by atoms with E-state index in [0.717, 1.165) is 12.8 Å². The zero-order chi connectivity index (χ0) is 13.0. The van der Waals surface area contributed by atoms with Crippen LogP contribution in [0.3, 0.4) is 0 Å². The van der Waals surface area contributed by atoms with Crippen LogP contribution >= 0.6 is 0 Å². The Bertz CT molecular complexity index is 398. The molecule has 1 aromatic rings. The van der Waals surface area contributed by atoms with E-state index in [4.69, 9.17) is 9.47 Å². The predicted molar refractivity (Wildman–Crippen MR) is 66.7 cm³/mol. The van der Waals surface area contributed by atoms with E-state index in [9.17, 15) is 9.90 Å². The monoisotopic (exact) mass is 250 g/mol. The van der Waals surface area contributed by atoms with Gasteiger partial charge in [0.05, 0.1) is 6.10 Å². The van der Waals surface area contributed by atoms with Gasteiger partial charge in [0.1, 0.15) is 5.75 Å². The number of carboxylic acid groups (broad SMARTS) is 1. The highest BCUT2D eigenvalue weighted by Gasteiger charge is 2.39. The molecule has 1 aliphatic rings. The number of ether oxygens (including phenoxy) is 2. The number of benzene rings is 1. The Morgan fingerprint density at radius 3 is 2.78 bits per heavy atom. The minimum Gasteiger partial charge on any atom is -0.478 e. The summed E-state index contributed by atoms with van der Waals surface area (Å²) in [6.07, 6.45) is 2.25. The second kappa shape index (κ2) is 5.40. The van der Waals surface area contributed by atoms with Crippen molar-refractivity contribution >= 4 is 5.97 Å². The van der Waals surface area contributed by atoms with Gasteiger partial charge in [-0.3, -0.25) is 0 Å². The van der Waals surface area contributed by atoms with Gasteiger partial charge in [-0.05, 0) is 31.9 Å². The minimum atomic E-state index is -1.24. The molecule has 0 aromatic heterocycles. The topological polar surface area (TPSA) is 55.8 Å². The van der Waals surface area contributed by atoms with Crippen molar-refractivity contribution in [1.29, 1.82) is 0 Å². The molecule has 0 spiro atoms. The molecule has 1 aromatic carbocycles. The predicted octanol–water partition coefficient (Wildman–Crippen LogP) is 2.48. The smallest absolute Gasteiger partial charge is 0.347 e. The average Bonchev–Trinajstić information content (AvgIpc) is 2.82. The second-order valence-electron chi connectivity index (χ2n) is 4.79. The van der Waals surface area contributed by atoms with E-state index < -0.39 is 11.6 Å². The van der Waals surface area contributed by atoms with Gasteiger partial charge in [0.2, 0.25) is 5.60 Å². The molecule has 2 unspecified atom stereocenters. The lowest BCUT2D eigenvalue weighted by atomic mass is 9.96. The molecule has 2 rings (SSSR count). The first kappa shape index (κ1) is 12.9. The van der Waals surface area contributed by atoms with E-state index >= 15 is 0 Å². The van der Waals surface area contributed by atoms with Crippen molar-refractivity contribution in [3.63, 3.8) is 0 Å². The summed E-state index contributed by atoms with van der Waals surface area (Å²) in [7, 11) is 0. The summed E-state index contributed by atoms with van der Waals surface area (Å²) in [5, 5.41) is 9.37. The molecule has 0 bridgehead atoms. The number of carbonyl (C=O) groups is 1. The third kappa shape index (κ3) is 3.01. The van der Waals surface area contributed by atoms with Crippen LogP contribution in [-0.4, -0.2) is 29.4 Å². The number of carboxylic acids is 1. The Hall–Kier alpha value is -1.55. The fourth-order valence-corrected chi connectivity index (χ4v) is 2.16. The number of hydrogen-bond donors (Lipinski definition) is 1. The number of hydrogen-bond acceptors (Lipinski definition) is 3. The van der Waals surface area contributed by atoms with Crippen molar-refractivity contribution in [2.45, 2.75) is 37.9 Å². The summed E-state index contributed by atoms with van der Waals surface area (Å²) >= 11 is 0. The van der Waals surface area contributed by atoms with Crippen LogP contribution in [0.4, 0.5) is 0 Å². The van der Waals surface area contributed by atoms with Crippen molar-refractivity contribution in [2.75, 3.05) is 6.61 Å². The quantitative estimate of drug-likeness (QED) is 0.872. The van der Waals surface area contributed by atoms with Gasteiger partial charge in [0.15, 0.2) is 0 Å². The van der Waals surface area contributed by atoms with Crippen molar-refractivity contribution < 1.29 is 19.4 Å². The van der Waals surface area contributed by atoms with E-state index in [1.165, 1.54) is 0 Å². The summed E-state index contributed by atoms with van der Waals surface area (Å²) in [6, 6.07) is 9.03. The molecule has 0 radical (unpaired) electrons. The van der Waals surface area contributed by atoms with Gasteiger partial charge in [-0.2, -0.15) is 0 Å².